The predicted molar refractivity (Wildman–Crippen MR) is 55.4 cm³/mol. The van der Waals surface area contributed by atoms with Crippen molar-refractivity contribution in [2.45, 2.75) is 32.2 Å². The molecule has 1 aromatic rings. The molecule has 5 heteroatoms. The number of rotatable bonds is 2. The van der Waals surface area contributed by atoms with Gasteiger partial charge in [-0.3, -0.25) is 4.79 Å². The van der Waals surface area contributed by atoms with Crippen molar-refractivity contribution in [3.8, 4) is 6.07 Å². The van der Waals surface area contributed by atoms with Crippen LogP contribution < -0.4 is 5.32 Å². The minimum atomic E-state index is -0.284. The van der Waals surface area contributed by atoms with Gasteiger partial charge in [-0.2, -0.15) is 5.26 Å². The Morgan fingerprint density at radius 3 is 3.12 bits per heavy atom. The summed E-state index contributed by atoms with van der Waals surface area (Å²) in [4.78, 5) is 11.7. The van der Waals surface area contributed by atoms with Crippen molar-refractivity contribution in [2.24, 2.45) is 5.92 Å². The van der Waals surface area contributed by atoms with Crippen molar-refractivity contribution in [1.82, 2.24) is 10.5 Å². The highest BCUT2D eigenvalue weighted by atomic mass is 16.5. The molecule has 16 heavy (non-hydrogen) atoms. The normalized spacial score (nSPS) is 24.0. The maximum absolute atomic E-state index is 11.7. The largest absolute Gasteiger partial charge is 0.351 e. The van der Waals surface area contributed by atoms with E-state index in [1.165, 1.54) is 0 Å². The van der Waals surface area contributed by atoms with Gasteiger partial charge in [-0.05, 0) is 26.2 Å². The molecule has 1 heterocycles. The zero-order valence-electron chi connectivity index (χ0n) is 9.06. The Bertz CT molecular complexity index is 433. The Morgan fingerprint density at radius 1 is 1.69 bits per heavy atom. The fourth-order valence-corrected chi connectivity index (χ4v) is 2.00. The summed E-state index contributed by atoms with van der Waals surface area (Å²) in [7, 11) is 0. The molecule has 1 N–H and O–H groups in total. The van der Waals surface area contributed by atoms with Crippen LogP contribution in [0.4, 0.5) is 0 Å². The van der Waals surface area contributed by atoms with Crippen LogP contribution >= 0.6 is 0 Å². The van der Waals surface area contributed by atoms with Gasteiger partial charge >= 0.3 is 0 Å². The highest BCUT2D eigenvalue weighted by molar-refractivity contribution is 5.91. The first-order valence-corrected chi connectivity index (χ1v) is 5.34. The van der Waals surface area contributed by atoms with E-state index in [2.05, 4.69) is 16.5 Å². The molecule has 0 aliphatic heterocycles. The first-order chi connectivity index (χ1) is 7.70. The van der Waals surface area contributed by atoms with Gasteiger partial charge in [-0.1, -0.05) is 5.16 Å². The van der Waals surface area contributed by atoms with Crippen molar-refractivity contribution < 1.29 is 9.32 Å². The lowest BCUT2D eigenvalue weighted by molar-refractivity contribution is 0.0895. The number of nitrogens with zero attached hydrogens (tertiary/aromatic N) is 2. The number of hydrogen-bond donors (Lipinski definition) is 1. The standard InChI is InChI=1S/C11H13N3O2/c1-7-5-10(16-14-7)11(15)13-9-4-2-3-8(9)6-12/h5,8-9H,2-4H2,1H3,(H,13,15). The topological polar surface area (TPSA) is 78.9 Å². The molecule has 1 fully saturated rings. The molecule has 84 valence electrons. The average Bonchev–Trinajstić information content (AvgIpc) is 2.86. The molecule has 0 aromatic carbocycles. The lowest BCUT2D eigenvalue weighted by Crippen LogP contribution is -2.36. The third kappa shape index (κ3) is 2.06. The summed E-state index contributed by atoms with van der Waals surface area (Å²) in [6.07, 6.45) is 2.70. The SMILES string of the molecule is Cc1cc(C(=O)NC2CCCC2C#N)on1. The number of aromatic nitrogens is 1. The quantitative estimate of drug-likeness (QED) is 0.815. The lowest BCUT2D eigenvalue weighted by atomic mass is 10.1. The van der Waals surface area contributed by atoms with Crippen LogP contribution in [0, 0.1) is 24.2 Å². The molecule has 1 aromatic heterocycles. The van der Waals surface area contributed by atoms with Crippen LogP contribution in [-0.4, -0.2) is 17.1 Å². The number of amides is 1. The van der Waals surface area contributed by atoms with Gasteiger partial charge < -0.3 is 9.84 Å². The minimum Gasteiger partial charge on any atom is -0.351 e. The van der Waals surface area contributed by atoms with Gasteiger partial charge in [0, 0.05) is 12.1 Å². The van der Waals surface area contributed by atoms with Crippen molar-refractivity contribution >= 4 is 5.91 Å². The molecule has 0 bridgehead atoms. The highest BCUT2D eigenvalue weighted by Gasteiger charge is 2.29. The molecule has 1 saturated carbocycles. The molecule has 1 amide bonds. The van der Waals surface area contributed by atoms with Crippen LogP contribution in [0.5, 0.6) is 0 Å². The number of carbonyl (C=O) groups excluding carboxylic acids is 1. The molecule has 1 aliphatic rings. The fourth-order valence-electron chi connectivity index (χ4n) is 2.00. The van der Waals surface area contributed by atoms with Crippen LogP contribution in [0.1, 0.15) is 35.5 Å². The van der Waals surface area contributed by atoms with E-state index in [1.807, 2.05) is 0 Å². The molecule has 2 unspecified atom stereocenters. The monoisotopic (exact) mass is 219 g/mol. The minimum absolute atomic E-state index is 0.0529. The van der Waals surface area contributed by atoms with Gasteiger partial charge in [0.25, 0.3) is 5.91 Å². The van der Waals surface area contributed by atoms with Crippen LogP contribution in [-0.2, 0) is 0 Å². The second kappa shape index (κ2) is 4.35. The van der Waals surface area contributed by atoms with Crippen LogP contribution in [0.3, 0.4) is 0 Å². The second-order valence-electron chi connectivity index (χ2n) is 4.08. The van der Waals surface area contributed by atoms with E-state index in [9.17, 15) is 4.79 Å². The smallest absolute Gasteiger partial charge is 0.290 e. The number of aryl methyl sites for hydroxylation is 1. The van der Waals surface area contributed by atoms with Gasteiger partial charge in [0.05, 0.1) is 17.7 Å². The molecule has 0 spiro atoms. The molecular weight excluding hydrogens is 206 g/mol. The molecule has 2 atom stereocenters. The van der Waals surface area contributed by atoms with E-state index in [4.69, 9.17) is 9.78 Å². The second-order valence-corrected chi connectivity index (χ2v) is 4.08. The summed E-state index contributed by atoms with van der Waals surface area (Å²) in [5, 5.41) is 15.4. The van der Waals surface area contributed by atoms with Crippen LogP contribution in [0.25, 0.3) is 0 Å². The Morgan fingerprint density at radius 2 is 2.50 bits per heavy atom. The molecule has 2 rings (SSSR count). The predicted octanol–water partition coefficient (Wildman–Crippen LogP) is 1.41. The maximum atomic E-state index is 11.7. The summed E-state index contributed by atoms with van der Waals surface area (Å²) in [6.45, 7) is 1.76. The van der Waals surface area contributed by atoms with Crippen molar-refractivity contribution in [3.05, 3.63) is 17.5 Å². The summed E-state index contributed by atoms with van der Waals surface area (Å²) >= 11 is 0. The van der Waals surface area contributed by atoms with E-state index < -0.39 is 0 Å². The van der Waals surface area contributed by atoms with Gasteiger partial charge in [-0.25, -0.2) is 0 Å². The number of nitriles is 1. The number of hydrogen-bond acceptors (Lipinski definition) is 4. The maximum Gasteiger partial charge on any atom is 0.290 e. The van der Waals surface area contributed by atoms with Gasteiger partial charge in [0.2, 0.25) is 5.76 Å². The first kappa shape index (κ1) is 10.7. The fraction of sp³-hybridized carbons (Fsp3) is 0.545. The molecule has 1 aliphatic carbocycles. The molecule has 0 saturated heterocycles. The van der Waals surface area contributed by atoms with Gasteiger partial charge in [0.15, 0.2) is 0 Å². The van der Waals surface area contributed by atoms with E-state index in [-0.39, 0.29) is 23.6 Å². The summed E-state index contributed by atoms with van der Waals surface area (Å²) in [5.41, 5.74) is 0.674. The summed E-state index contributed by atoms with van der Waals surface area (Å²) < 4.78 is 4.86. The van der Waals surface area contributed by atoms with Crippen LogP contribution in [0.2, 0.25) is 0 Å². The van der Waals surface area contributed by atoms with Crippen molar-refractivity contribution in [3.63, 3.8) is 0 Å². The Hall–Kier alpha value is -1.83. The Kier molecular flexibility index (Phi) is 2.91. The van der Waals surface area contributed by atoms with E-state index in [1.54, 1.807) is 13.0 Å². The highest BCUT2D eigenvalue weighted by Crippen LogP contribution is 2.25. The first-order valence-electron chi connectivity index (χ1n) is 5.34. The van der Waals surface area contributed by atoms with Crippen LogP contribution in [0.15, 0.2) is 10.6 Å². The van der Waals surface area contributed by atoms with Gasteiger partial charge in [-0.15, -0.1) is 0 Å². The third-order valence-corrected chi connectivity index (χ3v) is 2.85. The zero-order valence-corrected chi connectivity index (χ0v) is 9.06. The van der Waals surface area contributed by atoms with E-state index in [0.29, 0.717) is 5.69 Å². The third-order valence-electron chi connectivity index (χ3n) is 2.85. The van der Waals surface area contributed by atoms with Crippen molar-refractivity contribution in [1.29, 1.82) is 5.26 Å². The zero-order chi connectivity index (χ0) is 11.5. The average molecular weight is 219 g/mol. The van der Waals surface area contributed by atoms with Crippen molar-refractivity contribution in [2.75, 3.05) is 0 Å². The Labute approximate surface area is 93.4 Å². The van der Waals surface area contributed by atoms with E-state index in [0.717, 1.165) is 19.3 Å². The Balaban J connectivity index is 2.00. The summed E-state index contributed by atoms with van der Waals surface area (Å²) in [5.74, 6) is -0.151. The number of nitrogens with one attached hydrogen (secondary N) is 1. The number of carbonyl (C=O) groups is 1. The summed E-state index contributed by atoms with van der Waals surface area (Å²) in [6, 6.07) is 3.75. The molecule has 0 radical (unpaired) electrons. The molecular formula is C11H13N3O2. The molecule has 5 nitrogen and oxygen atoms in total. The van der Waals surface area contributed by atoms with E-state index >= 15 is 0 Å². The van der Waals surface area contributed by atoms with Gasteiger partial charge in [0.1, 0.15) is 0 Å². The lowest BCUT2D eigenvalue weighted by Gasteiger charge is -2.13.